The highest BCUT2D eigenvalue weighted by molar-refractivity contribution is 7.91. The van der Waals surface area contributed by atoms with Crippen LogP contribution < -0.4 is 0 Å². The predicted octanol–water partition coefficient (Wildman–Crippen LogP) is 0.792. The highest BCUT2D eigenvalue weighted by Crippen LogP contribution is 2.23. The Labute approximate surface area is 136 Å². The second-order valence-electron chi connectivity index (χ2n) is 6.20. The van der Waals surface area contributed by atoms with Gasteiger partial charge in [0.25, 0.3) is 11.8 Å². The number of carbonyl (C=O) groups is 2. The molecule has 0 saturated carbocycles. The van der Waals surface area contributed by atoms with E-state index in [1.54, 1.807) is 24.3 Å². The van der Waals surface area contributed by atoms with Crippen LogP contribution in [0.15, 0.2) is 24.3 Å². The molecule has 1 atom stereocenters. The first-order valence-electron chi connectivity index (χ1n) is 7.75. The molecule has 23 heavy (non-hydrogen) atoms. The molecule has 2 aliphatic heterocycles. The van der Waals surface area contributed by atoms with Crippen molar-refractivity contribution in [1.82, 2.24) is 9.80 Å². The Morgan fingerprint density at radius 2 is 1.78 bits per heavy atom. The Balaban J connectivity index is 1.54. The number of nitrogens with zero attached hydrogens (tertiary/aromatic N) is 2. The van der Waals surface area contributed by atoms with Gasteiger partial charge in [-0.3, -0.25) is 14.5 Å². The van der Waals surface area contributed by atoms with E-state index in [-0.39, 0.29) is 29.4 Å². The lowest BCUT2D eigenvalue weighted by Crippen LogP contribution is -2.36. The Hall–Kier alpha value is -1.73. The summed E-state index contributed by atoms with van der Waals surface area (Å²) in [6.45, 7) is 1.02. The van der Waals surface area contributed by atoms with Crippen molar-refractivity contribution in [3.8, 4) is 0 Å². The van der Waals surface area contributed by atoms with Gasteiger partial charge in [-0.25, -0.2) is 8.42 Å². The number of hydrogen-bond donors (Lipinski definition) is 0. The van der Waals surface area contributed by atoms with Crippen LogP contribution in [0.25, 0.3) is 0 Å². The number of fused-ring (bicyclic) bond motifs is 1. The number of sulfone groups is 1. The van der Waals surface area contributed by atoms with E-state index in [2.05, 4.69) is 0 Å². The molecule has 3 rings (SSSR count). The summed E-state index contributed by atoms with van der Waals surface area (Å²) in [5, 5.41) is 0. The maximum Gasteiger partial charge on any atom is 0.261 e. The van der Waals surface area contributed by atoms with Crippen LogP contribution in [0.5, 0.6) is 0 Å². The molecule has 1 fully saturated rings. The summed E-state index contributed by atoms with van der Waals surface area (Å²) in [7, 11) is -0.999. The summed E-state index contributed by atoms with van der Waals surface area (Å²) >= 11 is 0. The van der Waals surface area contributed by atoms with Crippen molar-refractivity contribution in [3.63, 3.8) is 0 Å². The largest absolute Gasteiger partial charge is 0.302 e. The number of imide groups is 1. The van der Waals surface area contributed by atoms with E-state index >= 15 is 0 Å². The molecular formula is C16H20N2O4S. The first-order chi connectivity index (χ1) is 10.9. The minimum atomic E-state index is -2.90. The molecule has 1 aromatic carbocycles. The highest BCUT2D eigenvalue weighted by Gasteiger charge is 2.35. The van der Waals surface area contributed by atoms with Crippen LogP contribution in [0.2, 0.25) is 0 Å². The van der Waals surface area contributed by atoms with Crippen LogP contribution in [-0.4, -0.2) is 67.7 Å². The second-order valence-corrected chi connectivity index (χ2v) is 8.43. The monoisotopic (exact) mass is 336 g/mol. The topological polar surface area (TPSA) is 74.8 Å². The van der Waals surface area contributed by atoms with Gasteiger partial charge in [0.15, 0.2) is 9.84 Å². The Bertz CT molecular complexity index is 709. The molecule has 2 amide bonds. The van der Waals surface area contributed by atoms with Crippen molar-refractivity contribution in [1.29, 1.82) is 0 Å². The van der Waals surface area contributed by atoms with Crippen molar-refractivity contribution in [2.45, 2.75) is 18.9 Å². The zero-order valence-corrected chi connectivity index (χ0v) is 13.9. The number of rotatable bonds is 5. The number of carbonyl (C=O) groups excluding carboxylic acids is 2. The van der Waals surface area contributed by atoms with E-state index in [0.717, 1.165) is 0 Å². The standard InChI is InChI=1S/C16H20N2O4S/c1-17(12-7-10-23(21,22)11-12)8-4-9-18-15(19)13-5-2-3-6-14(13)16(18)20/h2-3,5-6,12H,4,7-11H2,1H3. The third-order valence-electron chi connectivity index (χ3n) is 4.60. The summed E-state index contributed by atoms with van der Waals surface area (Å²) in [4.78, 5) is 27.8. The van der Waals surface area contributed by atoms with E-state index in [4.69, 9.17) is 0 Å². The summed E-state index contributed by atoms with van der Waals surface area (Å²) in [6, 6.07) is 6.89. The average molecular weight is 336 g/mol. The van der Waals surface area contributed by atoms with Crippen LogP contribution in [0, 0.1) is 0 Å². The Morgan fingerprint density at radius 1 is 1.17 bits per heavy atom. The number of hydrogen-bond acceptors (Lipinski definition) is 5. The maximum atomic E-state index is 12.2. The van der Waals surface area contributed by atoms with Gasteiger partial charge >= 0.3 is 0 Å². The molecule has 0 radical (unpaired) electrons. The van der Waals surface area contributed by atoms with Crippen molar-refractivity contribution >= 4 is 21.7 Å². The lowest BCUT2D eigenvalue weighted by molar-refractivity contribution is 0.0647. The Kier molecular flexibility index (Phi) is 4.25. The molecule has 1 aromatic rings. The van der Waals surface area contributed by atoms with E-state index in [1.807, 2.05) is 11.9 Å². The fourth-order valence-corrected chi connectivity index (χ4v) is 5.03. The minimum absolute atomic E-state index is 0.0437. The molecule has 2 heterocycles. The summed E-state index contributed by atoms with van der Waals surface area (Å²) < 4.78 is 23.0. The molecular weight excluding hydrogens is 316 g/mol. The molecule has 0 aliphatic carbocycles. The van der Waals surface area contributed by atoms with E-state index in [0.29, 0.717) is 37.1 Å². The van der Waals surface area contributed by atoms with Gasteiger partial charge in [0, 0.05) is 12.6 Å². The molecule has 1 unspecified atom stereocenters. The molecule has 0 bridgehead atoms. The Morgan fingerprint density at radius 3 is 2.30 bits per heavy atom. The van der Waals surface area contributed by atoms with Gasteiger partial charge in [-0.05, 0) is 38.6 Å². The molecule has 2 aliphatic rings. The third kappa shape index (κ3) is 3.16. The SMILES string of the molecule is CN(CCCN1C(=O)c2ccccc2C1=O)C1CCS(=O)(=O)C1. The quantitative estimate of drug-likeness (QED) is 0.743. The van der Waals surface area contributed by atoms with Crippen LogP contribution in [0.1, 0.15) is 33.6 Å². The van der Waals surface area contributed by atoms with E-state index < -0.39 is 9.84 Å². The summed E-state index contributed by atoms with van der Waals surface area (Å²) in [5.74, 6) is -0.0231. The molecule has 6 nitrogen and oxygen atoms in total. The van der Waals surface area contributed by atoms with Crippen molar-refractivity contribution in [3.05, 3.63) is 35.4 Å². The van der Waals surface area contributed by atoms with Crippen LogP contribution >= 0.6 is 0 Å². The first-order valence-corrected chi connectivity index (χ1v) is 9.57. The summed E-state index contributed by atoms with van der Waals surface area (Å²) in [6.07, 6.45) is 1.30. The normalized spacial score (nSPS) is 22.9. The molecule has 1 saturated heterocycles. The van der Waals surface area contributed by atoms with Gasteiger partial charge < -0.3 is 4.90 Å². The third-order valence-corrected chi connectivity index (χ3v) is 6.35. The predicted molar refractivity (Wildman–Crippen MR) is 86.1 cm³/mol. The van der Waals surface area contributed by atoms with Gasteiger partial charge in [-0.1, -0.05) is 12.1 Å². The molecule has 0 aromatic heterocycles. The van der Waals surface area contributed by atoms with Gasteiger partial charge in [0.05, 0.1) is 22.6 Å². The van der Waals surface area contributed by atoms with Crippen molar-refractivity contribution < 1.29 is 18.0 Å². The lowest BCUT2D eigenvalue weighted by atomic mass is 10.1. The lowest BCUT2D eigenvalue weighted by Gasteiger charge is -2.24. The van der Waals surface area contributed by atoms with E-state index in [9.17, 15) is 18.0 Å². The fourth-order valence-electron chi connectivity index (χ4n) is 3.23. The van der Waals surface area contributed by atoms with Gasteiger partial charge in [-0.2, -0.15) is 0 Å². The van der Waals surface area contributed by atoms with Crippen molar-refractivity contribution in [2.75, 3.05) is 31.6 Å². The fraction of sp³-hybridized carbons (Fsp3) is 0.500. The van der Waals surface area contributed by atoms with Gasteiger partial charge in [0.1, 0.15) is 0 Å². The van der Waals surface area contributed by atoms with Crippen LogP contribution in [0.3, 0.4) is 0 Å². The summed E-state index contributed by atoms with van der Waals surface area (Å²) in [5.41, 5.74) is 0.931. The second kappa shape index (κ2) is 6.05. The smallest absolute Gasteiger partial charge is 0.261 e. The van der Waals surface area contributed by atoms with Gasteiger partial charge in [0.2, 0.25) is 0 Å². The number of amides is 2. The molecule has 0 spiro atoms. The van der Waals surface area contributed by atoms with Crippen molar-refractivity contribution in [2.24, 2.45) is 0 Å². The highest BCUT2D eigenvalue weighted by atomic mass is 32.2. The van der Waals surface area contributed by atoms with Crippen LogP contribution in [-0.2, 0) is 9.84 Å². The molecule has 7 heteroatoms. The zero-order chi connectivity index (χ0) is 16.6. The van der Waals surface area contributed by atoms with Crippen LogP contribution in [0.4, 0.5) is 0 Å². The average Bonchev–Trinajstić information content (AvgIpc) is 3.00. The zero-order valence-electron chi connectivity index (χ0n) is 13.1. The van der Waals surface area contributed by atoms with E-state index in [1.165, 1.54) is 4.90 Å². The first kappa shape index (κ1) is 16.1. The number of benzene rings is 1. The maximum absolute atomic E-state index is 12.2. The van der Waals surface area contributed by atoms with Gasteiger partial charge in [-0.15, -0.1) is 0 Å². The molecule has 124 valence electrons. The minimum Gasteiger partial charge on any atom is -0.302 e. The molecule has 0 N–H and O–H groups in total.